The molecule has 10 heteroatoms. The molecular formula is C20H24ClN5O4. The monoisotopic (exact) mass is 433 g/mol. The molecule has 1 aliphatic heterocycles. The van der Waals surface area contributed by atoms with Gasteiger partial charge in [0.15, 0.2) is 0 Å². The molecule has 0 amide bonds. The second-order valence-corrected chi connectivity index (χ2v) is 7.08. The van der Waals surface area contributed by atoms with Crippen molar-refractivity contribution >= 4 is 34.9 Å². The fourth-order valence-electron chi connectivity index (χ4n) is 3.25. The standard InChI is InChI=1S/C20H24ClN5O4/c1-13-16(19(27)30-3)12-17(18(22-13)29-2)23-20(24-28)26-9-7-25(8-10-26)15-6-4-5-14(21)11-15/h4-6,11-12,28H,7-10H2,1-3H3,(H,23,24). The Labute approximate surface area is 179 Å². The highest BCUT2D eigenvalue weighted by molar-refractivity contribution is 6.30. The number of esters is 1. The smallest absolute Gasteiger partial charge is 0.339 e. The zero-order chi connectivity index (χ0) is 21.7. The minimum atomic E-state index is -0.521. The van der Waals surface area contributed by atoms with Crippen molar-refractivity contribution in [2.24, 2.45) is 4.99 Å². The van der Waals surface area contributed by atoms with Gasteiger partial charge in [-0.3, -0.25) is 5.21 Å². The molecule has 0 atom stereocenters. The molecule has 0 unspecified atom stereocenters. The molecule has 9 nitrogen and oxygen atoms in total. The number of aryl methyl sites for hydroxylation is 1. The Hall–Kier alpha value is -3.04. The predicted octanol–water partition coefficient (Wildman–Crippen LogP) is 2.63. The molecule has 0 saturated carbocycles. The highest BCUT2D eigenvalue weighted by Gasteiger charge is 2.22. The van der Waals surface area contributed by atoms with E-state index in [4.69, 9.17) is 21.1 Å². The van der Waals surface area contributed by atoms with Crippen LogP contribution in [-0.2, 0) is 4.74 Å². The van der Waals surface area contributed by atoms with E-state index in [2.05, 4.69) is 20.4 Å². The number of anilines is 1. The van der Waals surface area contributed by atoms with Crippen molar-refractivity contribution in [1.82, 2.24) is 15.4 Å². The molecule has 0 bridgehead atoms. The lowest BCUT2D eigenvalue weighted by Crippen LogP contribution is -2.52. The van der Waals surface area contributed by atoms with Gasteiger partial charge in [0.1, 0.15) is 5.69 Å². The summed E-state index contributed by atoms with van der Waals surface area (Å²) >= 11 is 6.09. The molecule has 1 aromatic carbocycles. The van der Waals surface area contributed by atoms with Gasteiger partial charge in [0.25, 0.3) is 0 Å². The predicted molar refractivity (Wildman–Crippen MR) is 114 cm³/mol. The number of rotatable bonds is 4. The van der Waals surface area contributed by atoms with Gasteiger partial charge in [0, 0.05) is 36.9 Å². The van der Waals surface area contributed by atoms with Gasteiger partial charge >= 0.3 is 5.97 Å². The number of piperazine rings is 1. The zero-order valence-corrected chi connectivity index (χ0v) is 17.8. The van der Waals surface area contributed by atoms with Crippen LogP contribution in [0.25, 0.3) is 0 Å². The summed E-state index contributed by atoms with van der Waals surface area (Å²) in [7, 11) is 2.77. The molecule has 2 heterocycles. The number of hydrogen-bond acceptors (Lipinski definition) is 7. The van der Waals surface area contributed by atoms with Crippen LogP contribution in [0.3, 0.4) is 0 Å². The maximum Gasteiger partial charge on any atom is 0.339 e. The van der Waals surface area contributed by atoms with Crippen LogP contribution in [0, 0.1) is 6.92 Å². The number of halogens is 1. The molecule has 160 valence electrons. The highest BCUT2D eigenvalue weighted by atomic mass is 35.5. The summed E-state index contributed by atoms with van der Waals surface area (Å²) in [5.74, 6) is -0.0428. The molecule has 1 saturated heterocycles. The molecule has 30 heavy (non-hydrogen) atoms. The number of nitrogens with one attached hydrogen (secondary N) is 1. The van der Waals surface area contributed by atoms with Crippen molar-refractivity contribution in [2.45, 2.75) is 6.92 Å². The number of carbonyl (C=O) groups excluding carboxylic acids is 1. The largest absolute Gasteiger partial charge is 0.479 e. The van der Waals surface area contributed by atoms with Crippen LogP contribution < -0.4 is 15.1 Å². The molecule has 2 N–H and O–H groups in total. The number of aromatic nitrogens is 1. The molecule has 1 fully saturated rings. The SMILES string of the molecule is COC(=O)c1cc(N=C(NO)N2CCN(c3cccc(Cl)c3)CC2)c(OC)nc1C. The van der Waals surface area contributed by atoms with E-state index in [1.165, 1.54) is 20.3 Å². The molecule has 0 radical (unpaired) electrons. The number of carbonyl (C=O) groups is 1. The van der Waals surface area contributed by atoms with E-state index in [-0.39, 0.29) is 17.4 Å². The molecular weight excluding hydrogens is 410 g/mol. The lowest BCUT2D eigenvalue weighted by molar-refractivity contribution is 0.0599. The third kappa shape index (κ3) is 4.74. The van der Waals surface area contributed by atoms with Gasteiger partial charge in [-0.25, -0.2) is 20.3 Å². The van der Waals surface area contributed by atoms with E-state index in [9.17, 15) is 10.0 Å². The van der Waals surface area contributed by atoms with Crippen molar-refractivity contribution in [2.75, 3.05) is 45.3 Å². The van der Waals surface area contributed by atoms with Crippen LogP contribution in [-0.4, -0.2) is 67.4 Å². The number of benzene rings is 1. The molecule has 2 aromatic rings. The maximum absolute atomic E-state index is 12.0. The quantitative estimate of drug-likeness (QED) is 0.328. The Kier molecular flexibility index (Phi) is 6.96. The van der Waals surface area contributed by atoms with Gasteiger partial charge < -0.3 is 19.3 Å². The van der Waals surface area contributed by atoms with Crippen LogP contribution in [0.15, 0.2) is 35.3 Å². The summed E-state index contributed by atoms with van der Waals surface area (Å²) in [5, 5.41) is 10.4. The van der Waals surface area contributed by atoms with Crippen molar-refractivity contribution in [3.05, 3.63) is 46.6 Å². The van der Waals surface area contributed by atoms with Crippen molar-refractivity contribution in [3.63, 3.8) is 0 Å². The summed E-state index contributed by atoms with van der Waals surface area (Å²) in [6, 6.07) is 9.23. The normalized spacial score (nSPS) is 14.5. The van der Waals surface area contributed by atoms with Crippen LogP contribution in [0.2, 0.25) is 5.02 Å². The van der Waals surface area contributed by atoms with E-state index in [0.29, 0.717) is 29.5 Å². The average molecular weight is 434 g/mol. The fraction of sp³-hybridized carbons (Fsp3) is 0.350. The number of pyridine rings is 1. The van der Waals surface area contributed by atoms with Crippen molar-refractivity contribution in [1.29, 1.82) is 0 Å². The Morgan fingerprint density at radius 3 is 2.57 bits per heavy atom. The number of guanidine groups is 1. The zero-order valence-electron chi connectivity index (χ0n) is 17.1. The first-order chi connectivity index (χ1) is 14.5. The van der Waals surface area contributed by atoms with Crippen molar-refractivity contribution < 1.29 is 19.5 Å². The summed E-state index contributed by atoms with van der Waals surface area (Å²) in [4.78, 5) is 24.8. The summed E-state index contributed by atoms with van der Waals surface area (Å²) in [6.07, 6.45) is 0. The van der Waals surface area contributed by atoms with Crippen LogP contribution in [0.4, 0.5) is 11.4 Å². The lowest BCUT2D eigenvalue weighted by atomic mass is 10.2. The van der Waals surface area contributed by atoms with Gasteiger partial charge in [-0.15, -0.1) is 0 Å². The first-order valence-corrected chi connectivity index (χ1v) is 9.72. The van der Waals surface area contributed by atoms with E-state index < -0.39 is 5.97 Å². The van der Waals surface area contributed by atoms with Gasteiger partial charge in [-0.05, 0) is 31.2 Å². The highest BCUT2D eigenvalue weighted by Crippen LogP contribution is 2.29. The number of aliphatic imine (C=N–C) groups is 1. The minimum Gasteiger partial charge on any atom is -0.479 e. The summed E-state index contributed by atoms with van der Waals surface area (Å²) in [5.41, 5.74) is 4.24. The third-order valence-corrected chi connectivity index (χ3v) is 5.07. The van der Waals surface area contributed by atoms with Gasteiger partial charge in [0.2, 0.25) is 11.8 Å². The van der Waals surface area contributed by atoms with E-state index in [0.717, 1.165) is 18.8 Å². The van der Waals surface area contributed by atoms with Crippen LogP contribution in [0.1, 0.15) is 16.1 Å². The van der Waals surface area contributed by atoms with Crippen LogP contribution >= 0.6 is 11.6 Å². The van der Waals surface area contributed by atoms with Gasteiger partial charge in [-0.2, -0.15) is 0 Å². The van der Waals surface area contributed by atoms with Gasteiger partial charge in [0.05, 0.1) is 25.5 Å². The van der Waals surface area contributed by atoms with Crippen LogP contribution in [0.5, 0.6) is 5.88 Å². The number of ether oxygens (including phenoxy) is 2. The number of nitrogens with zero attached hydrogens (tertiary/aromatic N) is 4. The van der Waals surface area contributed by atoms with Gasteiger partial charge in [-0.1, -0.05) is 17.7 Å². The Bertz CT molecular complexity index is 945. The Morgan fingerprint density at radius 2 is 1.97 bits per heavy atom. The second-order valence-electron chi connectivity index (χ2n) is 6.64. The summed E-state index contributed by atoms with van der Waals surface area (Å²) in [6.45, 7) is 4.35. The topological polar surface area (TPSA) is 99.5 Å². The lowest BCUT2D eigenvalue weighted by Gasteiger charge is -2.37. The molecule has 0 spiro atoms. The maximum atomic E-state index is 12.0. The van der Waals surface area contributed by atoms with E-state index in [1.807, 2.05) is 29.2 Å². The Balaban J connectivity index is 1.82. The second kappa shape index (κ2) is 9.64. The molecule has 3 rings (SSSR count). The number of hydroxylamine groups is 1. The first-order valence-electron chi connectivity index (χ1n) is 9.35. The molecule has 1 aromatic heterocycles. The number of methoxy groups -OCH3 is 2. The van der Waals surface area contributed by atoms with Crippen molar-refractivity contribution in [3.8, 4) is 5.88 Å². The third-order valence-electron chi connectivity index (χ3n) is 4.84. The Morgan fingerprint density at radius 1 is 1.23 bits per heavy atom. The number of hydrogen-bond donors (Lipinski definition) is 2. The fourth-order valence-corrected chi connectivity index (χ4v) is 3.43. The van der Waals surface area contributed by atoms with E-state index in [1.54, 1.807) is 6.92 Å². The molecule has 0 aliphatic carbocycles. The molecule has 1 aliphatic rings. The summed E-state index contributed by atoms with van der Waals surface area (Å²) < 4.78 is 10.1. The minimum absolute atomic E-state index is 0.237. The van der Waals surface area contributed by atoms with E-state index >= 15 is 0 Å². The first kappa shape index (κ1) is 21.7. The average Bonchev–Trinajstić information content (AvgIpc) is 2.77.